The Morgan fingerprint density at radius 2 is 1.81 bits per heavy atom. The number of rotatable bonds is 6. The van der Waals surface area contributed by atoms with Gasteiger partial charge in [0.05, 0.1) is 24.8 Å². The lowest BCUT2D eigenvalue weighted by molar-refractivity contribution is -0.147. The zero-order valence-corrected chi connectivity index (χ0v) is 17.7. The molecule has 2 heterocycles. The predicted octanol–water partition coefficient (Wildman–Crippen LogP) is 2.05. The minimum absolute atomic E-state index is 0.0945. The summed E-state index contributed by atoms with van der Waals surface area (Å²) in [7, 11) is 1.05. The molecule has 2 aromatic rings. The number of nitrogens with one attached hydrogen (secondary N) is 1. The Labute approximate surface area is 181 Å². The number of carbonyl (C=O) groups is 2. The summed E-state index contributed by atoms with van der Waals surface area (Å²) in [4.78, 5) is 38.0. The fourth-order valence-corrected chi connectivity index (χ4v) is 3.57. The number of carbonyl (C=O) groups excluding carboxylic acids is 2. The van der Waals surface area contributed by atoms with Gasteiger partial charge in [-0.25, -0.2) is 14.3 Å². The number of halogens is 3. The normalized spacial score (nSPS) is 15.5. The highest BCUT2D eigenvalue weighted by atomic mass is 19.4. The number of nitrogens with zero attached hydrogens (tertiary/aromatic N) is 4. The Hall–Kier alpha value is -3.15. The van der Waals surface area contributed by atoms with Crippen molar-refractivity contribution in [2.24, 2.45) is 7.05 Å². The number of esters is 1. The molecule has 0 bridgehead atoms. The van der Waals surface area contributed by atoms with Gasteiger partial charge in [0.25, 0.3) is 0 Å². The highest BCUT2D eigenvalue weighted by Crippen LogP contribution is 2.28. The summed E-state index contributed by atoms with van der Waals surface area (Å²) in [6.45, 7) is 2.95. The van der Waals surface area contributed by atoms with Crippen LogP contribution in [0.25, 0.3) is 0 Å². The van der Waals surface area contributed by atoms with Crippen LogP contribution in [-0.4, -0.2) is 57.4 Å². The van der Waals surface area contributed by atoms with Crippen molar-refractivity contribution >= 4 is 17.6 Å². The molecule has 32 heavy (non-hydrogen) atoms. The first-order valence-corrected chi connectivity index (χ1v) is 10.1. The molecule has 0 atom stereocenters. The summed E-state index contributed by atoms with van der Waals surface area (Å²) < 4.78 is 45.2. The van der Waals surface area contributed by atoms with Crippen molar-refractivity contribution in [1.82, 2.24) is 19.2 Å². The summed E-state index contributed by atoms with van der Waals surface area (Å²) in [5.74, 6) is -1.93. The molecule has 1 aromatic heterocycles. The number of amides is 1. The fourth-order valence-electron chi connectivity index (χ4n) is 3.57. The number of hydrogen-bond acceptors (Lipinski definition) is 6. The quantitative estimate of drug-likeness (QED) is 0.670. The monoisotopic (exact) mass is 455 g/mol. The summed E-state index contributed by atoms with van der Waals surface area (Å²) in [5, 5.41) is 6.23. The van der Waals surface area contributed by atoms with Crippen LogP contribution >= 0.6 is 0 Å². The molecule has 3 rings (SSSR count). The van der Waals surface area contributed by atoms with Crippen LogP contribution in [0.4, 0.5) is 18.9 Å². The molecule has 1 aliphatic rings. The van der Waals surface area contributed by atoms with Crippen LogP contribution in [0.2, 0.25) is 0 Å². The minimum Gasteiger partial charge on any atom is -0.462 e. The Kier molecular flexibility index (Phi) is 7.02. The number of hydrogen-bond donors (Lipinski definition) is 1. The van der Waals surface area contributed by atoms with E-state index in [0.29, 0.717) is 41.7 Å². The van der Waals surface area contributed by atoms with E-state index in [-0.39, 0.29) is 19.1 Å². The molecular formula is C20H24F3N5O4. The molecule has 1 N–H and O–H groups in total. The first-order chi connectivity index (χ1) is 15.1. The zero-order valence-electron chi connectivity index (χ0n) is 17.7. The van der Waals surface area contributed by atoms with E-state index in [9.17, 15) is 27.6 Å². The first kappa shape index (κ1) is 23.5. The van der Waals surface area contributed by atoms with Gasteiger partial charge in [0.2, 0.25) is 11.7 Å². The summed E-state index contributed by atoms with van der Waals surface area (Å²) in [5.41, 5.74) is 0.0998. The molecule has 1 fully saturated rings. The third kappa shape index (κ3) is 5.36. The second-order valence-corrected chi connectivity index (χ2v) is 7.46. The van der Waals surface area contributed by atoms with Gasteiger partial charge in [-0.2, -0.15) is 13.2 Å². The fraction of sp³-hybridized carbons (Fsp3) is 0.500. The van der Waals surface area contributed by atoms with Crippen LogP contribution in [0.15, 0.2) is 29.1 Å². The Bertz CT molecular complexity index is 1020. The highest BCUT2D eigenvalue weighted by molar-refractivity contribution is 5.94. The van der Waals surface area contributed by atoms with Crippen LogP contribution < -0.4 is 11.0 Å². The largest absolute Gasteiger partial charge is 0.462 e. The Morgan fingerprint density at radius 3 is 2.34 bits per heavy atom. The van der Waals surface area contributed by atoms with Crippen LogP contribution in [0, 0.1) is 0 Å². The second kappa shape index (κ2) is 9.55. The van der Waals surface area contributed by atoms with Gasteiger partial charge < -0.3 is 10.1 Å². The lowest BCUT2D eigenvalue weighted by Gasteiger charge is -2.30. The number of aromatic nitrogens is 3. The van der Waals surface area contributed by atoms with Gasteiger partial charge in [0.15, 0.2) is 0 Å². The predicted molar refractivity (Wildman–Crippen MR) is 108 cm³/mol. The van der Waals surface area contributed by atoms with Crippen LogP contribution in [0.5, 0.6) is 0 Å². The number of likely N-dealkylation sites (tertiary alicyclic amines) is 1. The lowest BCUT2D eigenvalue weighted by atomic mass is 10.1. The molecule has 174 valence electrons. The Balaban J connectivity index is 1.53. The number of alkyl halides is 3. The molecule has 9 nitrogen and oxygen atoms in total. The van der Waals surface area contributed by atoms with Gasteiger partial charge in [0, 0.05) is 25.8 Å². The standard InChI is InChI=1S/C20H24F3N5O4/c1-3-32-17(30)13-4-6-14(7-5-13)24-16(29)12-27-10-8-15(9-11-27)28-19(31)26(2)18(25-28)20(21,22)23/h4-7,15H,3,8-12H2,1-2H3,(H,24,29). The molecule has 0 radical (unpaired) electrons. The average Bonchev–Trinajstić information content (AvgIpc) is 3.04. The van der Waals surface area contributed by atoms with Gasteiger partial charge in [-0.1, -0.05) is 0 Å². The van der Waals surface area contributed by atoms with E-state index in [4.69, 9.17) is 4.74 Å². The average molecular weight is 455 g/mol. The molecule has 0 unspecified atom stereocenters. The van der Waals surface area contributed by atoms with E-state index in [1.165, 1.54) is 0 Å². The van der Waals surface area contributed by atoms with E-state index in [1.807, 2.05) is 4.90 Å². The maximum atomic E-state index is 13.0. The van der Waals surface area contributed by atoms with Gasteiger partial charge in [-0.15, -0.1) is 5.10 Å². The second-order valence-electron chi connectivity index (χ2n) is 7.46. The zero-order chi connectivity index (χ0) is 23.5. The van der Waals surface area contributed by atoms with Crippen LogP contribution in [0.3, 0.4) is 0 Å². The topological polar surface area (TPSA) is 98.5 Å². The van der Waals surface area contributed by atoms with E-state index in [0.717, 1.165) is 11.7 Å². The minimum atomic E-state index is -4.70. The van der Waals surface area contributed by atoms with Gasteiger partial charge in [-0.05, 0) is 44.0 Å². The molecule has 1 saturated heterocycles. The van der Waals surface area contributed by atoms with Gasteiger partial charge in [-0.3, -0.25) is 14.3 Å². The van der Waals surface area contributed by atoms with Crippen molar-refractivity contribution in [3.8, 4) is 0 Å². The van der Waals surface area contributed by atoms with E-state index in [2.05, 4.69) is 10.4 Å². The van der Waals surface area contributed by atoms with E-state index in [1.54, 1.807) is 31.2 Å². The lowest BCUT2D eigenvalue weighted by Crippen LogP contribution is -2.41. The summed E-state index contributed by atoms with van der Waals surface area (Å²) >= 11 is 0. The van der Waals surface area contributed by atoms with Crippen molar-refractivity contribution in [2.45, 2.75) is 32.0 Å². The smallest absolute Gasteiger partial charge is 0.451 e. The van der Waals surface area contributed by atoms with Crippen molar-refractivity contribution in [1.29, 1.82) is 0 Å². The van der Waals surface area contributed by atoms with Crippen LogP contribution in [0.1, 0.15) is 42.0 Å². The van der Waals surface area contributed by atoms with Crippen molar-refractivity contribution in [3.63, 3.8) is 0 Å². The van der Waals surface area contributed by atoms with Gasteiger partial charge in [0.1, 0.15) is 0 Å². The summed E-state index contributed by atoms with van der Waals surface area (Å²) in [6, 6.07) is 5.85. The van der Waals surface area contributed by atoms with Crippen molar-refractivity contribution < 1.29 is 27.5 Å². The molecule has 0 aliphatic carbocycles. The first-order valence-electron chi connectivity index (χ1n) is 10.1. The van der Waals surface area contributed by atoms with E-state index < -0.39 is 29.7 Å². The molecule has 1 aliphatic heterocycles. The number of piperidine rings is 1. The highest BCUT2D eigenvalue weighted by Gasteiger charge is 2.39. The third-order valence-electron chi connectivity index (χ3n) is 5.21. The van der Waals surface area contributed by atoms with Gasteiger partial charge >= 0.3 is 17.8 Å². The van der Waals surface area contributed by atoms with Crippen molar-refractivity contribution in [3.05, 3.63) is 46.1 Å². The molecule has 1 amide bonds. The van der Waals surface area contributed by atoms with Crippen LogP contribution in [-0.2, 0) is 22.8 Å². The maximum Gasteiger partial charge on any atom is 0.451 e. The van der Waals surface area contributed by atoms with E-state index >= 15 is 0 Å². The molecular weight excluding hydrogens is 431 g/mol. The SMILES string of the molecule is CCOC(=O)c1ccc(NC(=O)CN2CCC(n3nc(C(F)(F)F)n(C)c3=O)CC2)cc1. The number of anilines is 1. The number of benzene rings is 1. The molecule has 0 spiro atoms. The number of ether oxygens (including phenoxy) is 1. The summed E-state index contributed by atoms with van der Waals surface area (Å²) in [6.07, 6.45) is -3.90. The maximum absolute atomic E-state index is 13.0. The van der Waals surface area contributed by atoms with Crippen molar-refractivity contribution in [2.75, 3.05) is 31.6 Å². The molecule has 12 heteroatoms. The Morgan fingerprint density at radius 1 is 1.19 bits per heavy atom. The third-order valence-corrected chi connectivity index (χ3v) is 5.21. The molecule has 0 saturated carbocycles. The molecule has 1 aromatic carbocycles.